The normalized spacial score (nSPS) is 20.4. The molecule has 0 spiro atoms. The molecule has 0 radical (unpaired) electrons. The van der Waals surface area contributed by atoms with Crippen LogP contribution in [0, 0.1) is 5.92 Å². The maximum Gasteiger partial charge on any atom is 0.317 e. The highest BCUT2D eigenvalue weighted by Gasteiger charge is 2.37. The quantitative estimate of drug-likeness (QED) is 0.869. The minimum absolute atomic E-state index is 0.0319. The maximum atomic E-state index is 12.8. The molecule has 140 valence electrons. The van der Waals surface area contributed by atoms with Gasteiger partial charge in [0.05, 0.1) is 5.92 Å². The number of amides is 4. The highest BCUT2D eigenvalue weighted by molar-refractivity contribution is 5.89. The van der Waals surface area contributed by atoms with Gasteiger partial charge in [0.25, 0.3) is 0 Å². The standard InChI is InChI=1S/C19H26N4O3/c1-2-20-19(26)22-10-8-21(9-11-22)18(25)16-12-17(24)23(14-16)13-15-6-4-3-5-7-15/h3-7,16H,2,8-14H2,1H3,(H,20,26). The van der Waals surface area contributed by atoms with Crippen LogP contribution in [-0.2, 0) is 16.1 Å². The van der Waals surface area contributed by atoms with Gasteiger partial charge in [-0.2, -0.15) is 0 Å². The number of rotatable bonds is 4. The molecule has 4 amide bonds. The lowest BCUT2D eigenvalue weighted by Crippen LogP contribution is -2.54. The second kappa shape index (κ2) is 8.21. The minimum atomic E-state index is -0.276. The van der Waals surface area contributed by atoms with Gasteiger partial charge in [-0.3, -0.25) is 9.59 Å². The number of nitrogens with one attached hydrogen (secondary N) is 1. The molecule has 7 heteroatoms. The monoisotopic (exact) mass is 358 g/mol. The molecule has 26 heavy (non-hydrogen) atoms. The van der Waals surface area contributed by atoms with Gasteiger partial charge in [0.2, 0.25) is 11.8 Å². The summed E-state index contributed by atoms with van der Waals surface area (Å²) < 4.78 is 0. The van der Waals surface area contributed by atoms with Crippen molar-refractivity contribution in [3.63, 3.8) is 0 Å². The summed E-state index contributed by atoms with van der Waals surface area (Å²) in [6.07, 6.45) is 0.280. The van der Waals surface area contributed by atoms with Gasteiger partial charge in [0, 0.05) is 52.2 Å². The van der Waals surface area contributed by atoms with Gasteiger partial charge < -0.3 is 20.0 Å². The predicted molar refractivity (Wildman–Crippen MR) is 97.2 cm³/mol. The minimum Gasteiger partial charge on any atom is -0.339 e. The first-order chi connectivity index (χ1) is 12.6. The van der Waals surface area contributed by atoms with Crippen molar-refractivity contribution in [2.45, 2.75) is 19.9 Å². The van der Waals surface area contributed by atoms with Crippen LogP contribution >= 0.6 is 0 Å². The van der Waals surface area contributed by atoms with E-state index in [1.165, 1.54) is 0 Å². The Hall–Kier alpha value is -2.57. The van der Waals surface area contributed by atoms with Crippen LogP contribution in [0.5, 0.6) is 0 Å². The SMILES string of the molecule is CCNC(=O)N1CCN(C(=O)C2CC(=O)N(Cc3ccccc3)C2)CC1. The molecule has 0 aromatic heterocycles. The summed E-state index contributed by atoms with van der Waals surface area (Å²) in [4.78, 5) is 42.2. The fourth-order valence-electron chi connectivity index (χ4n) is 3.55. The zero-order valence-corrected chi connectivity index (χ0v) is 15.2. The van der Waals surface area contributed by atoms with Gasteiger partial charge in [0.15, 0.2) is 0 Å². The molecule has 1 aromatic rings. The van der Waals surface area contributed by atoms with E-state index in [1.54, 1.807) is 14.7 Å². The van der Waals surface area contributed by atoms with E-state index in [2.05, 4.69) is 5.32 Å². The van der Waals surface area contributed by atoms with Crippen LogP contribution in [0.1, 0.15) is 18.9 Å². The molecule has 1 atom stereocenters. The Morgan fingerprint density at radius 3 is 2.38 bits per heavy atom. The number of likely N-dealkylation sites (tertiary alicyclic amines) is 1. The molecule has 1 unspecified atom stereocenters. The zero-order chi connectivity index (χ0) is 18.5. The number of urea groups is 1. The third-order valence-electron chi connectivity index (χ3n) is 4.99. The number of hydrogen-bond acceptors (Lipinski definition) is 3. The van der Waals surface area contributed by atoms with E-state index in [0.717, 1.165) is 5.56 Å². The van der Waals surface area contributed by atoms with Gasteiger partial charge >= 0.3 is 6.03 Å². The Balaban J connectivity index is 1.51. The lowest BCUT2D eigenvalue weighted by molar-refractivity contribution is -0.137. The van der Waals surface area contributed by atoms with Gasteiger partial charge in [-0.1, -0.05) is 30.3 Å². The lowest BCUT2D eigenvalue weighted by atomic mass is 10.1. The second-order valence-corrected chi connectivity index (χ2v) is 6.81. The topological polar surface area (TPSA) is 73.0 Å². The first-order valence-corrected chi connectivity index (χ1v) is 9.21. The molecule has 2 heterocycles. The van der Waals surface area contributed by atoms with Crippen LogP contribution < -0.4 is 5.32 Å². The maximum absolute atomic E-state index is 12.8. The van der Waals surface area contributed by atoms with E-state index < -0.39 is 0 Å². The summed E-state index contributed by atoms with van der Waals surface area (Å²) in [6, 6.07) is 9.75. The van der Waals surface area contributed by atoms with Crippen molar-refractivity contribution in [2.75, 3.05) is 39.3 Å². The van der Waals surface area contributed by atoms with Gasteiger partial charge in [-0.05, 0) is 12.5 Å². The Morgan fingerprint density at radius 2 is 1.73 bits per heavy atom. The molecule has 2 aliphatic rings. The Kier molecular flexibility index (Phi) is 5.75. The van der Waals surface area contributed by atoms with E-state index in [-0.39, 0.29) is 30.2 Å². The van der Waals surface area contributed by atoms with Gasteiger partial charge in [-0.15, -0.1) is 0 Å². The van der Waals surface area contributed by atoms with Crippen LogP contribution in [0.3, 0.4) is 0 Å². The number of carbonyl (C=O) groups excluding carboxylic acids is 3. The summed E-state index contributed by atoms with van der Waals surface area (Å²) in [5.74, 6) is -0.208. The smallest absolute Gasteiger partial charge is 0.317 e. The number of nitrogens with zero attached hydrogens (tertiary/aromatic N) is 3. The average Bonchev–Trinajstić information content (AvgIpc) is 3.03. The fraction of sp³-hybridized carbons (Fsp3) is 0.526. The van der Waals surface area contributed by atoms with Crippen molar-refractivity contribution in [2.24, 2.45) is 5.92 Å². The van der Waals surface area contributed by atoms with Crippen molar-refractivity contribution in [3.8, 4) is 0 Å². The highest BCUT2D eigenvalue weighted by atomic mass is 16.2. The summed E-state index contributed by atoms with van der Waals surface area (Å²) in [7, 11) is 0. The zero-order valence-electron chi connectivity index (χ0n) is 15.2. The van der Waals surface area contributed by atoms with E-state index in [0.29, 0.717) is 45.8 Å². The first-order valence-electron chi connectivity index (χ1n) is 9.21. The van der Waals surface area contributed by atoms with Crippen LogP contribution in [0.15, 0.2) is 30.3 Å². The third kappa shape index (κ3) is 4.15. The Bertz CT molecular complexity index is 656. The molecular weight excluding hydrogens is 332 g/mol. The summed E-state index contributed by atoms with van der Waals surface area (Å²) in [5, 5.41) is 2.78. The summed E-state index contributed by atoms with van der Waals surface area (Å²) in [5.41, 5.74) is 1.07. The van der Waals surface area contributed by atoms with Gasteiger partial charge in [0.1, 0.15) is 0 Å². The number of piperazine rings is 1. The molecule has 1 N–H and O–H groups in total. The van der Waals surface area contributed by atoms with E-state index in [9.17, 15) is 14.4 Å². The average molecular weight is 358 g/mol. The van der Waals surface area contributed by atoms with Crippen molar-refractivity contribution >= 4 is 17.8 Å². The number of hydrogen-bond donors (Lipinski definition) is 1. The fourth-order valence-corrected chi connectivity index (χ4v) is 3.55. The Morgan fingerprint density at radius 1 is 1.08 bits per heavy atom. The number of benzene rings is 1. The van der Waals surface area contributed by atoms with Crippen molar-refractivity contribution in [1.29, 1.82) is 0 Å². The third-order valence-corrected chi connectivity index (χ3v) is 4.99. The summed E-state index contributed by atoms with van der Waals surface area (Å²) >= 11 is 0. The lowest BCUT2D eigenvalue weighted by Gasteiger charge is -2.35. The molecule has 3 rings (SSSR count). The molecule has 2 fully saturated rings. The molecule has 7 nitrogen and oxygen atoms in total. The largest absolute Gasteiger partial charge is 0.339 e. The first kappa shape index (κ1) is 18.2. The Labute approximate surface area is 153 Å². The summed E-state index contributed by atoms with van der Waals surface area (Å²) in [6.45, 7) is 5.63. The van der Waals surface area contributed by atoms with Crippen LogP contribution in [0.4, 0.5) is 4.79 Å². The second-order valence-electron chi connectivity index (χ2n) is 6.81. The molecule has 0 aliphatic carbocycles. The van der Waals surface area contributed by atoms with E-state index >= 15 is 0 Å². The predicted octanol–water partition coefficient (Wildman–Crippen LogP) is 0.909. The molecule has 1 aromatic carbocycles. The van der Waals surface area contributed by atoms with Crippen molar-refractivity contribution in [1.82, 2.24) is 20.0 Å². The van der Waals surface area contributed by atoms with Crippen LogP contribution in [0.25, 0.3) is 0 Å². The van der Waals surface area contributed by atoms with E-state index in [1.807, 2.05) is 37.3 Å². The van der Waals surface area contributed by atoms with E-state index in [4.69, 9.17) is 0 Å². The van der Waals surface area contributed by atoms with Crippen molar-refractivity contribution in [3.05, 3.63) is 35.9 Å². The number of carbonyl (C=O) groups is 3. The van der Waals surface area contributed by atoms with Crippen LogP contribution in [0.2, 0.25) is 0 Å². The highest BCUT2D eigenvalue weighted by Crippen LogP contribution is 2.22. The molecule has 2 saturated heterocycles. The van der Waals surface area contributed by atoms with Crippen LogP contribution in [-0.4, -0.2) is 71.8 Å². The molecule has 0 saturated carbocycles. The van der Waals surface area contributed by atoms with Crippen molar-refractivity contribution < 1.29 is 14.4 Å². The molecule has 2 aliphatic heterocycles. The molecular formula is C19H26N4O3. The molecule has 0 bridgehead atoms. The van der Waals surface area contributed by atoms with Gasteiger partial charge in [-0.25, -0.2) is 4.79 Å².